The van der Waals surface area contributed by atoms with Gasteiger partial charge in [-0.05, 0) is 55.0 Å². The summed E-state index contributed by atoms with van der Waals surface area (Å²) in [4.78, 5) is 24.1. The second-order valence-corrected chi connectivity index (χ2v) is 10.9. The molecule has 5 rings (SSSR count). The molecule has 0 atom stereocenters. The standard InChI is InChI=1S/C34H33ClN2O7/c1-3-4-12-37-29(28-10-9-25(35)18-32(28)44-20-22-7-5-6-8-27(22)34(40)41)19-26(36-37)15-24(33(38)39)14-23-17-31-21(11-13-43-31)16-30(23)42-2/h5-10,15-19H,3-4,11-14,20H2,1-2H3,(H,38,39)(H,40,41). The van der Waals surface area contributed by atoms with Crippen LogP contribution in [-0.2, 0) is 30.8 Å². The molecule has 1 aliphatic heterocycles. The molecular formula is C34H33ClN2O7. The second kappa shape index (κ2) is 13.7. The van der Waals surface area contributed by atoms with Gasteiger partial charge in [-0.1, -0.05) is 43.1 Å². The predicted octanol–water partition coefficient (Wildman–Crippen LogP) is 6.94. The number of methoxy groups -OCH3 is 1. The van der Waals surface area contributed by atoms with Crippen molar-refractivity contribution in [3.63, 3.8) is 0 Å². The Bertz CT molecular complexity index is 1730. The van der Waals surface area contributed by atoms with Gasteiger partial charge in [0.25, 0.3) is 0 Å². The van der Waals surface area contributed by atoms with Crippen LogP contribution in [0.1, 0.15) is 52.5 Å². The summed E-state index contributed by atoms with van der Waals surface area (Å²) in [7, 11) is 1.57. The van der Waals surface area contributed by atoms with E-state index in [-0.39, 0.29) is 24.2 Å². The lowest BCUT2D eigenvalue weighted by molar-refractivity contribution is -0.132. The lowest BCUT2D eigenvalue weighted by atomic mass is 10.00. The van der Waals surface area contributed by atoms with Crippen molar-refractivity contribution in [3.8, 4) is 28.5 Å². The first kappa shape index (κ1) is 30.7. The fourth-order valence-electron chi connectivity index (χ4n) is 5.18. The summed E-state index contributed by atoms with van der Waals surface area (Å²) in [5, 5.41) is 25.0. The number of benzene rings is 3. The zero-order valence-corrected chi connectivity index (χ0v) is 25.3. The van der Waals surface area contributed by atoms with Gasteiger partial charge in [0.15, 0.2) is 0 Å². The Morgan fingerprint density at radius 2 is 1.89 bits per heavy atom. The van der Waals surface area contributed by atoms with Crippen LogP contribution in [0, 0.1) is 0 Å². The number of halogens is 1. The van der Waals surface area contributed by atoms with Crippen LogP contribution >= 0.6 is 11.6 Å². The van der Waals surface area contributed by atoms with Crippen LogP contribution in [0.2, 0.25) is 5.02 Å². The van der Waals surface area contributed by atoms with Crippen LogP contribution in [0.15, 0.2) is 66.2 Å². The van der Waals surface area contributed by atoms with E-state index in [4.69, 9.17) is 30.9 Å². The van der Waals surface area contributed by atoms with Gasteiger partial charge in [-0.25, -0.2) is 9.59 Å². The molecule has 2 N–H and O–H groups in total. The van der Waals surface area contributed by atoms with Crippen LogP contribution in [0.25, 0.3) is 17.3 Å². The molecule has 1 aromatic heterocycles. The Balaban J connectivity index is 1.50. The monoisotopic (exact) mass is 616 g/mol. The molecule has 3 aromatic carbocycles. The van der Waals surface area contributed by atoms with Gasteiger partial charge < -0.3 is 24.4 Å². The summed E-state index contributed by atoms with van der Waals surface area (Å²) >= 11 is 6.35. The highest BCUT2D eigenvalue weighted by Gasteiger charge is 2.21. The molecule has 1 aliphatic rings. The number of aromatic carboxylic acids is 1. The number of carboxylic acid groups (broad SMARTS) is 2. The van der Waals surface area contributed by atoms with Gasteiger partial charge >= 0.3 is 11.9 Å². The van der Waals surface area contributed by atoms with Crippen molar-refractivity contribution in [2.45, 2.75) is 45.8 Å². The number of carboxylic acids is 2. The molecule has 44 heavy (non-hydrogen) atoms. The highest BCUT2D eigenvalue weighted by atomic mass is 35.5. The molecule has 9 nitrogen and oxygen atoms in total. The maximum absolute atomic E-state index is 12.4. The number of fused-ring (bicyclic) bond motifs is 1. The normalized spacial score (nSPS) is 12.5. The Labute approximate surface area is 260 Å². The molecule has 0 amide bonds. The minimum atomic E-state index is -1.06. The predicted molar refractivity (Wildman–Crippen MR) is 167 cm³/mol. The molecule has 0 radical (unpaired) electrons. The first-order valence-electron chi connectivity index (χ1n) is 14.4. The molecule has 2 heterocycles. The van der Waals surface area contributed by atoms with E-state index in [1.165, 1.54) is 6.07 Å². The molecular weight excluding hydrogens is 584 g/mol. The maximum atomic E-state index is 12.4. The van der Waals surface area contributed by atoms with Gasteiger partial charge in [0.05, 0.1) is 30.7 Å². The van der Waals surface area contributed by atoms with Crippen molar-refractivity contribution in [2.24, 2.45) is 0 Å². The maximum Gasteiger partial charge on any atom is 0.336 e. The number of carbonyl (C=O) groups is 2. The first-order chi connectivity index (χ1) is 21.3. The van der Waals surface area contributed by atoms with E-state index >= 15 is 0 Å². The minimum absolute atomic E-state index is 0.0150. The van der Waals surface area contributed by atoms with Gasteiger partial charge in [0, 0.05) is 52.2 Å². The Kier molecular flexibility index (Phi) is 9.55. The van der Waals surface area contributed by atoms with Gasteiger partial charge in [-0.15, -0.1) is 0 Å². The van der Waals surface area contributed by atoms with Crippen molar-refractivity contribution < 1.29 is 34.0 Å². The van der Waals surface area contributed by atoms with Crippen LogP contribution in [0.5, 0.6) is 17.2 Å². The summed E-state index contributed by atoms with van der Waals surface area (Å²) in [5.41, 5.74) is 4.46. The van der Waals surface area contributed by atoms with Gasteiger partial charge in [0.2, 0.25) is 0 Å². The largest absolute Gasteiger partial charge is 0.496 e. The summed E-state index contributed by atoms with van der Waals surface area (Å²) < 4.78 is 19.3. The third kappa shape index (κ3) is 6.89. The molecule has 0 saturated carbocycles. The molecule has 0 unspecified atom stereocenters. The summed E-state index contributed by atoms with van der Waals surface area (Å²) in [6.07, 6.45) is 4.26. The number of hydrogen-bond donors (Lipinski definition) is 2. The van der Waals surface area contributed by atoms with Crippen LogP contribution in [0.3, 0.4) is 0 Å². The number of unbranched alkanes of at least 4 members (excludes halogenated alkanes) is 1. The number of nitrogens with zero attached hydrogens (tertiary/aromatic N) is 2. The van der Waals surface area contributed by atoms with E-state index < -0.39 is 11.9 Å². The minimum Gasteiger partial charge on any atom is -0.496 e. The topological polar surface area (TPSA) is 120 Å². The SMILES string of the molecule is CCCCn1nc(C=C(Cc2cc3c(cc2OC)CCO3)C(=O)O)cc1-c1ccc(Cl)cc1OCc1ccccc1C(=O)O. The van der Waals surface area contributed by atoms with Crippen LogP contribution in [-0.4, -0.2) is 45.6 Å². The van der Waals surface area contributed by atoms with Gasteiger partial charge in [0.1, 0.15) is 23.9 Å². The third-order valence-corrected chi connectivity index (χ3v) is 7.68. The van der Waals surface area contributed by atoms with Gasteiger partial charge in [-0.2, -0.15) is 5.10 Å². The highest BCUT2D eigenvalue weighted by Crippen LogP contribution is 2.36. The first-order valence-corrected chi connectivity index (χ1v) is 14.7. The number of aliphatic carboxylic acids is 1. The van der Waals surface area contributed by atoms with E-state index in [2.05, 4.69) is 6.92 Å². The molecule has 0 aliphatic carbocycles. The van der Waals surface area contributed by atoms with E-state index in [0.717, 1.165) is 36.3 Å². The summed E-state index contributed by atoms with van der Waals surface area (Å²) in [5.74, 6) is -0.289. The smallest absolute Gasteiger partial charge is 0.336 e. The lowest BCUT2D eigenvalue weighted by Gasteiger charge is -2.14. The van der Waals surface area contributed by atoms with E-state index in [1.54, 1.807) is 43.5 Å². The highest BCUT2D eigenvalue weighted by molar-refractivity contribution is 6.30. The molecule has 0 spiro atoms. The lowest BCUT2D eigenvalue weighted by Crippen LogP contribution is -2.07. The average Bonchev–Trinajstić information content (AvgIpc) is 3.64. The second-order valence-electron chi connectivity index (χ2n) is 10.4. The molecule has 0 bridgehead atoms. The average molecular weight is 617 g/mol. The van der Waals surface area contributed by atoms with Crippen molar-refractivity contribution in [1.82, 2.24) is 9.78 Å². The molecule has 4 aromatic rings. The molecule has 10 heteroatoms. The van der Waals surface area contributed by atoms with E-state index in [0.29, 0.717) is 52.1 Å². The number of ether oxygens (including phenoxy) is 3. The zero-order chi connectivity index (χ0) is 31.2. The number of hydrogen-bond acceptors (Lipinski definition) is 6. The van der Waals surface area contributed by atoms with Crippen molar-refractivity contribution in [1.29, 1.82) is 0 Å². The number of rotatable bonds is 13. The number of aryl methyl sites for hydroxylation is 1. The Hall–Kier alpha value is -4.76. The molecule has 228 valence electrons. The summed E-state index contributed by atoms with van der Waals surface area (Å²) in [6.45, 7) is 3.28. The zero-order valence-electron chi connectivity index (χ0n) is 24.5. The fraction of sp³-hybridized carbons (Fsp3) is 0.265. The summed E-state index contributed by atoms with van der Waals surface area (Å²) in [6, 6.07) is 17.5. The van der Waals surface area contributed by atoms with Gasteiger partial charge in [-0.3, -0.25) is 4.68 Å². The van der Waals surface area contributed by atoms with Crippen molar-refractivity contribution >= 4 is 29.6 Å². The van der Waals surface area contributed by atoms with E-state index in [1.807, 2.05) is 28.9 Å². The molecule has 0 fully saturated rings. The van der Waals surface area contributed by atoms with Crippen molar-refractivity contribution in [3.05, 3.63) is 99.2 Å². The Morgan fingerprint density at radius 3 is 2.64 bits per heavy atom. The fourth-order valence-corrected chi connectivity index (χ4v) is 5.35. The van der Waals surface area contributed by atoms with Crippen molar-refractivity contribution in [2.75, 3.05) is 13.7 Å². The molecule has 0 saturated heterocycles. The van der Waals surface area contributed by atoms with Crippen LogP contribution in [0.4, 0.5) is 0 Å². The number of aromatic nitrogens is 2. The third-order valence-electron chi connectivity index (χ3n) is 7.44. The van der Waals surface area contributed by atoms with Crippen LogP contribution < -0.4 is 14.2 Å². The van der Waals surface area contributed by atoms with E-state index in [9.17, 15) is 19.8 Å². The Morgan fingerprint density at radius 1 is 1.07 bits per heavy atom. The quantitative estimate of drug-likeness (QED) is 0.155.